The van der Waals surface area contributed by atoms with Gasteiger partial charge in [-0.3, -0.25) is 15.1 Å². The molecule has 1 aliphatic heterocycles. The summed E-state index contributed by atoms with van der Waals surface area (Å²) in [5.41, 5.74) is 0.305. The summed E-state index contributed by atoms with van der Waals surface area (Å²) in [5, 5.41) is 14.2. The Kier molecular flexibility index (Phi) is 6.30. The van der Waals surface area contributed by atoms with Crippen molar-refractivity contribution in [1.29, 1.82) is 0 Å². The number of esters is 1. The minimum absolute atomic E-state index is 0.0267. The first kappa shape index (κ1) is 21.7. The Morgan fingerprint density at radius 2 is 2.07 bits per heavy atom. The van der Waals surface area contributed by atoms with Crippen molar-refractivity contribution in [3.8, 4) is 5.75 Å². The lowest BCUT2D eigenvalue weighted by atomic mass is 9.95. The quantitative estimate of drug-likeness (QED) is 0.472. The van der Waals surface area contributed by atoms with Crippen LogP contribution in [-0.2, 0) is 19.4 Å². The van der Waals surface area contributed by atoms with E-state index in [2.05, 4.69) is 10.1 Å². The fourth-order valence-corrected chi connectivity index (χ4v) is 4.51. The average molecular weight is 434 g/mol. The number of ether oxygens (including phenoxy) is 2. The lowest BCUT2D eigenvalue weighted by Gasteiger charge is -2.24. The van der Waals surface area contributed by atoms with Crippen LogP contribution in [0.1, 0.15) is 30.7 Å². The lowest BCUT2D eigenvalue weighted by molar-refractivity contribution is -0.142. The van der Waals surface area contributed by atoms with Crippen LogP contribution in [0.3, 0.4) is 0 Å². The van der Waals surface area contributed by atoms with Crippen LogP contribution in [0.4, 0.5) is 14.5 Å². The van der Waals surface area contributed by atoms with Gasteiger partial charge in [-0.1, -0.05) is 0 Å². The summed E-state index contributed by atoms with van der Waals surface area (Å²) in [4.78, 5) is 11.6. The number of alkyl halides is 2. The van der Waals surface area contributed by atoms with E-state index in [1.165, 1.54) is 13.2 Å². The van der Waals surface area contributed by atoms with Crippen molar-refractivity contribution < 1.29 is 36.7 Å². The van der Waals surface area contributed by atoms with Crippen LogP contribution in [0.5, 0.6) is 5.75 Å². The van der Waals surface area contributed by atoms with Crippen LogP contribution in [0.15, 0.2) is 17.0 Å². The molecule has 29 heavy (non-hydrogen) atoms. The maximum Gasteiger partial charge on any atom is 0.387 e. The third kappa shape index (κ3) is 5.14. The number of sulfone groups is 1. The molecule has 0 amide bonds. The van der Waals surface area contributed by atoms with E-state index in [1.54, 1.807) is 0 Å². The molecule has 1 aliphatic carbocycles. The zero-order valence-electron chi connectivity index (χ0n) is 16.1. The molecule has 1 heterocycles. The molecule has 8 nitrogen and oxygen atoms in total. The number of nitrogens with zero attached hydrogens (tertiary/aromatic N) is 1. The SMILES string of the molecule is COC(=O)C1CC(c2cc(N(O)CC3CC3)c(OC(F)F)cc2S(C)(=O)=O)CN1. The van der Waals surface area contributed by atoms with Gasteiger partial charge in [-0.2, -0.15) is 8.78 Å². The lowest BCUT2D eigenvalue weighted by Crippen LogP contribution is -2.31. The molecule has 0 aromatic heterocycles. The highest BCUT2D eigenvalue weighted by Crippen LogP contribution is 2.41. The number of rotatable bonds is 8. The molecule has 0 bridgehead atoms. The molecule has 2 N–H and O–H groups in total. The van der Waals surface area contributed by atoms with E-state index in [1.807, 2.05) is 0 Å². The van der Waals surface area contributed by atoms with Crippen LogP contribution in [-0.4, -0.2) is 58.7 Å². The predicted molar refractivity (Wildman–Crippen MR) is 99.2 cm³/mol. The van der Waals surface area contributed by atoms with Crippen molar-refractivity contribution in [2.45, 2.75) is 42.7 Å². The van der Waals surface area contributed by atoms with Crippen LogP contribution < -0.4 is 15.1 Å². The summed E-state index contributed by atoms with van der Waals surface area (Å²) < 4.78 is 59.8. The molecule has 162 valence electrons. The van der Waals surface area contributed by atoms with Crippen LogP contribution in [0.2, 0.25) is 0 Å². The largest absolute Gasteiger partial charge is 0.468 e. The number of hydrogen-bond donors (Lipinski definition) is 2. The molecule has 1 saturated heterocycles. The first-order valence-corrected chi connectivity index (χ1v) is 11.1. The van der Waals surface area contributed by atoms with Gasteiger partial charge in [0.25, 0.3) is 0 Å². The van der Waals surface area contributed by atoms with Gasteiger partial charge < -0.3 is 14.8 Å². The summed E-state index contributed by atoms with van der Waals surface area (Å²) >= 11 is 0. The van der Waals surface area contributed by atoms with Crippen LogP contribution in [0.25, 0.3) is 0 Å². The summed E-state index contributed by atoms with van der Waals surface area (Å²) in [6.07, 6.45) is 3.09. The molecule has 2 atom stereocenters. The number of methoxy groups -OCH3 is 1. The Morgan fingerprint density at radius 1 is 1.38 bits per heavy atom. The molecule has 1 aromatic rings. The van der Waals surface area contributed by atoms with Gasteiger partial charge in [0.15, 0.2) is 15.6 Å². The van der Waals surface area contributed by atoms with Gasteiger partial charge in [-0.15, -0.1) is 0 Å². The van der Waals surface area contributed by atoms with E-state index in [0.29, 0.717) is 12.1 Å². The van der Waals surface area contributed by atoms with Gasteiger partial charge in [0.05, 0.1) is 12.0 Å². The zero-order valence-corrected chi connectivity index (χ0v) is 16.9. The van der Waals surface area contributed by atoms with Gasteiger partial charge in [0.2, 0.25) is 0 Å². The molecule has 1 aromatic carbocycles. The van der Waals surface area contributed by atoms with Crippen molar-refractivity contribution in [2.24, 2.45) is 5.92 Å². The Bertz CT molecular complexity index is 875. The van der Waals surface area contributed by atoms with E-state index in [4.69, 9.17) is 4.74 Å². The monoisotopic (exact) mass is 434 g/mol. The molecule has 2 fully saturated rings. The number of hydrogen-bond acceptors (Lipinski definition) is 8. The molecule has 3 rings (SSSR count). The number of hydroxylamine groups is 1. The minimum atomic E-state index is -3.79. The minimum Gasteiger partial charge on any atom is -0.468 e. The highest BCUT2D eigenvalue weighted by Gasteiger charge is 2.35. The van der Waals surface area contributed by atoms with Crippen LogP contribution in [0, 0.1) is 5.92 Å². The zero-order chi connectivity index (χ0) is 21.3. The Balaban J connectivity index is 2.04. The number of anilines is 1. The Labute approximate surface area is 167 Å². The van der Waals surface area contributed by atoms with Gasteiger partial charge in [0, 0.05) is 25.4 Å². The molecule has 11 heteroatoms. The smallest absolute Gasteiger partial charge is 0.387 e. The number of benzene rings is 1. The fourth-order valence-electron chi connectivity index (χ4n) is 3.54. The molecular formula is C18H24F2N2O6S. The Hall–Kier alpha value is -1.98. The summed E-state index contributed by atoms with van der Waals surface area (Å²) in [7, 11) is -2.54. The van der Waals surface area contributed by atoms with E-state index in [0.717, 1.165) is 30.2 Å². The number of carbonyl (C=O) groups is 1. The fraction of sp³-hybridized carbons (Fsp3) is 0.611. The van der Waals surface area contributed by atoms with Crippen molar-refractivity contribution in [3.05, 3.63) is 17.7 Å². The Morgan fingerprint density at radius 3 is 2.62 bits per heavy atom. The summed E-state index contributed by atoms with van der Waals surface area (Å²) in [5.74, 6) is -1.03. The average Bonchev–Trinajstić information content (AvgIpc) is 3.31. The van der Waals surface area contributed by atoms with E-state index >= 15 is 0 Å². The second kappa shape index (κ2) is 8.41. The third-order valence-electron chi connectivity index (χ3n) is 5.17. The maximum atomic E-state index is 12.9. The van der Waals surface area contributed by atoms with Gasteiger partial charge in [-0.25, -0.2) is 8.42 Å². The van der Waals surface area contributed by atoms with Gasteiger partial charge >= 0.3 is 12.6 Å². The molecule has 2 unspecified atom stereocenters. The number of carbonyl (C=O) groups excluding carboxylic acids is 1. The number of halogens is 2. The summed E-state index contributed by atoms with van der Waals surface area (Å²) in [6, 6.07) is 1.78. The molecular weight excluding hydrogens is 410 g/mol. The van der Waals surface area contributed by atoms with E-state index < -0.39 is 40.1 Å². The molecule has 1 saturated carbocycles. The van der Waals surface area contributed by atoms with Crippen molar-refractivity contribution in [3.63, 3.8) is 0 Å². The number of nitrogens with one attached hydrogen (secondary N) is 1. The van der Waals surface area contributed by atoms with Crippen molar-refractivity contribution in [1.82, 2.24) is 5.32 Å². The molecule has 0 radical (unpaired) electrons. The first-order valence-electron chi connectivity index (χ1n) is 9.20. The second-order valence-corrected chi connectivity index (χ2v) is 9.43. The highest BCUT2D eigenvalue weighted by molar-refractivity contribution is 7.90. The van der Waals surface area contributed by atoms with E-state index in [9.17, 15) is 27.2 Å². The second-order valence-electron chi connectivity index (χ2n) is 7.45. The molecule has 0 spiro atoms. The van der Waals surface area contributed by atoms with Gasteiger partial charge in [0.1, 0.15) is 11.7 Å². The van der Waals surface area contributed by atoms with Gasteiger partial charge in [-0.05, 0) is 42.7 Å². The van der Waals surface area contributed by atoms with Crippen molar-refractivity contribution in [2.75, 3.05) is 31.5 Å². The topological polar surface area (TPSA) is 105 Å². The van der Waals surface area contributed by atoms with Crippen LogP contribution >= 0.6 is 0 Å². The maximum absolute atomic E-state index is 12.9. The van der Waals surface area contributed by atoms with E-state index in [-0.39, 0.29) is 29.5 Å². The highest BCUT2D eigenvalue weighted by atomic mass is 32.2. The standard InChI is InChI=1S/C18H24F2N2O6S/c1-27-17(23)13-5-11(8-21-13)12-6-14(22(24)9-10-3-4-10)15(28-18(19)20)7-16(12)29(2,25)26/h6-7,10-11,13,18,21,24H,3-5,8-9H2,1-2H3. The first-order chi connectivity index (χ1) is 13.6. The third-order valence-corrected chi connectivity index (χ3v) is 6.32. The molecule has 2 aliphatic rings. The van der Waals surface area contributed by atoms with Crippen molar-refractivity contribution >= 4 is 21.5 Å². The summed E-state index contributed by atoms with van der Waals surface area (Å²) in [6.45, 7) is -2.66. The normalized spacial score (nSPS) is 22.0. The predicted octanol–water partition coefficient (Wildman–Crippen LogP) is 1.92.